The van der Waals surface area contributed by atoms with E-state index < -0.39 is 97.5 Å². The Morgan fingerprint density at radius 2 is 0.500 bits per heavy atom. The van der Waals surface area contributed by atoms with Crippen molar-refractivity contribution in [2.24, 2.45) is 23.7 Å². The molecule has 6 atom stereocenters. The van der Waals surface area contributed by atoms with Crippen LogP contribution in [0.3, 0.4) is 0 Å². The maximum Gasteiger partial charge on any atom is 0.472 e. The van der Waals surface area contributed by atoms with Crippen molar-refractivity contribution in [1.29, 1.82) is 0 Å². The normalized spacial score (nSPS) is 14.4. The van der Waals surface area contributed by atoms with Crippen molar-refractivity contribution in [2.45, 2.75) is 408 Å². The first-order valence-corrected chi connectivity index (χ1v) is 42.7. The van der Waals surface area contributed by atoms with Crippen molar-refractivity contribution in [3.05, 3.63) is 0 Å². The zero-order valence-electron chi connectivity index (χ0n) is 63.0. The highest BCUT2D eigenvalue weighted by Gasteiger charge is 2.30. The number of aliphatic hydroxyl groups is 1. The minimum Gasteiger partial charge on any atom is -0.462 e. The fourth-order valence-corrected chi connectivity index (χ4v) is 13.3. The fourth-order valence-electron chi connectivity index (χ4n) is 11.7. The van der Waals surface area contributed by atoms with E-state index in [0.717, 1.165) is 114 Å². The summed E-state index contributed by atoms with van der Waals surface area (Å²) >= 11 is 0. The molecule has 0 fully saturated rings. The molecular formula is C77H150O17P2. The van der Waals surface area contributed by atoms with Crippen LogP contribution in [0.5, 0.6) is 0 Å². The lowest BCUT2D eigenvalue weighted by Gasteiger charge is -2.21. The third-order valence-corrected chi connectivity index (χ3v) is 20.1. The molecule has 0 aliphatic carbocycles. The summed E-state index contributed by atoms with van der Waals surface area (Å²) in [5.74, 6) is 0.947. The molecule has 3 N–H and O–H groups in total. The molecule has 0 saturated carbocycles. The summed E-state index contributed by atoms with van der Waals surface area (Å²) < 4.78 is 68.6. The molecule has 0 rings (SSSR count). The van der Waals surface area contributed by atoms with Crippen LogP contribution in [0.15, 0.2) is 0 Å². The molecule has 4 unspecified atom stereocenters. The third-order valence-electron chi connectivity index (χ3n) is 18.2. The SMILES string of the molecule is CCC(C)CCCCCCCCCCC(=O)O[C@H](COC(=O)CCCCCCCCCC(C)C)COP(=O)(O)OCC(O)COP(=O)(O)OC[C@@H](COC(=O)CCCCCCCCCCCCCCCC(C)C)OC(=O)CCCCCCCCCCCCCCCCCC(C)C. The Morgan fingerprint density at radius 3 is 0.740 bits per heavy atom. The van der Waals surface area contributed by atoms with Gasteiger partial charge in [0.25, 0.3) is 0 Å². The second kappa shape index (κ2) is 66.3. The van der Waals surface area contributed by atoms with Gasteiger partial charge < -0.3 is 33.8 Å². The molecule has 0 amide bonds. The highest BCUT2D eigenvalue weighted by molar-refractivity contribution is 7.47. The number of esters is 4. The Bertz CT molecular complexity index is 1890. The molecule has 17 nitrogen and oxygen atoms in total. The Morgan fingerprint density at radius 1 is 0.292 bits per heavy atom. The van der Waals surface area contributed by atoms with Crippen molar-refractivity contribution < 1.29 is 80.2 Å². The summed E-state index contributed by atoms with van der Waals surface area (Å²) in [6.45, 7) is 14.2. The average molecular weight is 1410 g/mol. The fraction of sp³-hybridized carbons (Fsp3) is 0.948. The molecule has 0 aromatic carbocycles. The van der Waals surface area contributed by atoms with Crippen molar-refractivity contribution in [3.63, 3.8) is 0 Å². The molecule has 0 saturated heterocycles. The average Bonchev–Trinajstić information content (AvgIpc) is 1.09. The third kappa shape index (κ3) is 69.2. The number of phosphoric acid groups is 2. The van der Waals surface area contributed by atoms with E-state index in [1.54, 1.807) is 0 Å². The number of rotatable bonds is 74. The summed E-state index contributed by atoms with van der Waals surface area (Å²) in [6.07, 6.45) is 51.4. The Balaban J connectivity index is 5.25. The molecule has 570 valence electrons. The minimum atomic E-state index is -4.96. The van der Waals surface area contributed by atoms with Gasteiger partial charge in [-0.2, -0.15) is 0 Å². The standard InChI is InChI=1S/C77H150O17P2/c1-9-70(8)56-48-40-32-26-27-35-44-52-60-77(82)94-73(64-88-75(80)58-50-42-36-28-31-39-47-55-69(6)7)66-92-96(85,86)90-62-71(78)61-89-95(83,84)91-65-72(63-87-74(79)57-49-41-33-24-20-17-13-15-19-23-30-38-46-54-68(4)5)93-76(81)59-51-43-34-25-21-16-12-10-11-14-18-22-29-37-45-53-67(2)3/h67-73,78H,9-66H2,1-8H3,(H,83,84)(H,85,86)/t70?,71?,72-,73-/m1/s1. The second-order valence-corrected chi connectivity index (χ2v) is 32.3. The molecule has 0 aliphatic heterocycles. The molecule has 0 spiro atoms. The van der Waals surface area contributed by atoms with E-state index in [9.17, 15) is 43.2 Å². The zero-order valence-corrected chi connectivity index (χ0v) is 64.8. The van der Waals surface area contributed by atoms with Gasteiger partial charge in [-0.25, -0.2) is 9.13 Å². The maximum absolute atomic E-state index is 13.1. The van der Waals surface area contributed by atoms with Gasteiger partial charge in [-0.15, -0.1) is 0 Å². The lowest BCUT2D eigenvalue weighted by Crippen LogP contribution is -2.30. The number of hydrogen-bond acceptors (Lipinski definition) is 15. The van der Waals surface area contributed by atoms with Crippen LogP contribution in [-0.2, 0) is 65.4 Å². The minimum absolute atomic E-state index is 0.104. The lowest BCUT2D eigenvalue weighted by molar-refractivity contribution is -0.161. The van der Waals surface area contributed by atoms with Crippen molar-refractivity contribution in [3.8, 4) is 0 Å². The van der Waals surface area contributed by atoms with Gasteiger partial charge >= 0.3 is 39.5 Å². The first kappa shape index (κ1) is 94.1. The monoisotopic (exact) mass is 1410 g/mol. The molecular weight excluding hydrogens is 1260 g/mol. The predicted molar refractivity (Wildman–Crippen MR) is 391 cm³/mol. The van der Waals surface area contributed by atoms with E-state index in [0.29, 0.717) is 31.6 Å². The second-order valence-electron chi connectivity index (χ2n) is 29.4. The van der Waals surface area contributed by atoms with Gasteiger partial charge in [-0.05, 0) is 49.4 Å². The van der Waals surface area contributed by atoms with E-state index in [-0.39, 0.29) is 25.7 Å². The Hall–Kier alpha value is -1.94. The highest BCUT2D eigenvalue weighted by Crippen LogP contribution is 2.45. The lowest BCUT2D eigenvalue weighted by atomic mass is 9.99. The van der Waals surface area contributed by atoms with Gasteiger partial charge in [-0.3, -0.25) is 37.3 Å². The summed E-state index contributed by atoms with van der Waals surface area (Å²) in [4.78, 5) is 72.8. The number of phosphoric ester groups is 2. The van der Waals surface area contributed by atoms with Crippen LogP contribution in [0.1, 0.15) is 389 Å². The van der Waals surface area contributed by atoms with E-state index in [1.165, 1.54) is 186 Å². The number of hydrogen-bond donors (Lipinski definition) is 3. The summed E-state index contributed by atoms with van der Waals surface area (Å²) in [6, 6.07) is 0. The van der Waals surface area contributed by atoms with E-state index in [4.69, 9.17) is 37.0 Å². The quantitative estimate of drug-likeness (QED) is 0.0222. The number of ether oxygens (including phenoxy) is 4. The molecule has 0 bridgehead atoms. The van der Waals surface area contributed by atoms with Gasteiger partial charge in [-0.1, -0.05) is 338 Å². The molecule has 0 heterocycles. The summed E-state index contributed by atoms with van der Waals surface area (Å²) in [5.41, 5.74) is 0. The molecule has 0 radical (unpaired) electrons. The number of carbonyl (C=O) groups is 4. The van der Waals surface area contributed by atoms with Crippen LogP contribution in [0, 0.1) is 23.7 Å². The van der Waals surface area contributed by atoms with Gasteiger partial charge in [0.15, 0.2) is 12.2 Å². The smallest absolute Gasteiger partial charge is 0.462 e. The topological polar surface area (TPSA) is 237 Å². The zero-order chi connectivity index (χ0) is 71.0. The first-order valence-electron chi connectivity index (χ1n) is 39.7. The number of unbranched alkanes of at least 4 members (excludes halogenated alkanes) is 39. The van der Waals surface area contributed by atoms with E-state index in [2.05, 4.69) is 55.4 Å². The van der Waals surface area contributed by atoms with Crippen LogP contribution >= 0.6 is 15.6 Å². The number of aliphatic hydroxyl groups excluding tert-OH is 1. The molecule has 0 aromatic rings. The summed E-state index contributed by atoms with van der Waals surface area (Å²) in [5, 5.41) is 10.6. The van der Waals surface area contributed by atoms with Crippen LogP contribution < -0.4 is 0 Å². The highest BCUT2D eigenvalue weighted by atomic mass is 31.2. The largest absolute Gasteiger partial charge is 0.472 e. The molecule has 0 aromatic heterocycles. The summed E-state index contributed by atoms with van der Waals surface area (Å²) in [7, 11) is -9.91. The predicted octanol–water partition coefficient (Wildman–Crippen LogP) is 22.4. The van der Waals surface area contributed by atoms with Crippen LogP contribution in [0.25, 0.3) is 0 Å². The maximum atomic E-state index is 13.1. The first-order chi connectivity index (χ1) is 46.1. The Kier molecular flexibility index (Phi) is 65.0. The number of carbonyl (C=O) groups excluding carboxylic acids is 4. The van der Waals surface area contributed by atoms with E-state index in [1.807, 2.05) is 0 Å². The molecule has 0 aliphatic rings. The van der Waals surface area contributed by atoms with Gasteiger partial charge in [0.1, 0.15) is 19.3 Å². The van der Waals surface area contributed by atoms with Crippen molar-refractivity contribution >= 4 is 39.5 Å². The van der Waals surface area contributed by atoms with Crippen LogP contribution in [0.2, 0.25) is 0 Å². The Labute approximate surface area is 588 Å². The molecule has 96 heavy (non-hydrogen) atoms. The molecule has 19 heteroatoms. The van der Waals surface area contributed by atoms with E-state index >= 15 is 0 Å². The van der Waals surface area contributed by atoms with Gasteiger partial charge in [0.05, 0.1) is 26.4 Å². The van der Waals surface area contributed by atoms with Crippen LogP contribution in [0.4, 0.5) is 0 Å². The van der Waals surface area contributed by atoms with Gasteiger partial charge in [0, 0.05) is 25.7 Å². The van der Waals surface area contributed by atoms with Crippen molar-refractivity contribution in [2.75, 3.05) is 39.6 Å². The van der Waals surface area contributed by atoms with Crippen molar-refractivity contribution in [1.82, 2.24) is 0 Å². The van der Waals surface area contributed by atoms with Crippen LogP contribution in [-0.4, -0.2) is 96.7 Å². The van der Waals surface area contributed by atoms with Gasteiger partial charge in [0.2, 0.25) is 0 Å².